The van der Waals surface area contributed by atoms with E-state index in [0.717, 1.165) is 12.8 Å². The Kier molecular flexibility index (Phi) is 5.21. The first-order chi connectivity index (χ1) is 8.08. The first-order valence-corrected chi connectivity index (χ1v) is 5.97. The quantitative estimate of drug-likeness (QED) is 0.599. The third-order valence-electron chi connectivity index (χ3n) is 2.86. The number of rotatable bonds is 7. The van der Waals surface area contributed by atoms with E-state index in [1.165, 1.54) is 0 Å². The molecule has 0 unspecified atom stereocenters. The Morgan fingerprint density at radius 3 is 2.53 bits per heavy atom. The second-order valence-electron chi connectivity index (χ2n) is 4.33. The van der Waals surface area contributed by atoms with Crippen molar-refractivity contribution in [3.8, 4) is 0 Å². The van der Waals surface area contributed by atoms with E-state index < -0.39 is 12.0 Å². The first-order valence-electron chi connectivity index (χ1n) is 5.97. The maximum atomic E-state index is 11.8. The van der Waals surface area contributed by atoms with Crippen molar-refractivity contribution in [3.05, 3.63) is 0 Å². The number of aliphatic hydroxyl groups is 1. The van der Waals surface area contributed by atoms with Crippen molar-refractivity contribution < 1.29 is 19.8 Å². The van der Waals surface area contributed by atoms with E-state index in [1.54, 1.807) is 4.90 Å². The van der Waals surface area contributed by atoms with Crippen LogP contribution in [0.3, 0.4) is 0 Å². The molecule has 0 aromatic heterocycles. The summed E-state index contributed by atoms with van der Waals surface area (Å²) in [6.07, 6.45) is 2.31. The van der Waals surface area contributed by atoms with E-state index in [0.29, 0.717) is 19.0 Å². The van der Waals surface area contributed by atoms with Crippen LogP contribution < -0.4 is 5.32 Å². The zero-order valence-corrected chi connectivity index (χ0v) is 10.1. The molecule has 0 saturated heterocycles. The van der Waals surface area contributed by atoms with Gasteiger partial charge in [0.25, 0.3) is 0 Å². The second-order valence-corrected chi connectivity index (χ2v) is 4.33. The molecule has 1 fully saturated rings. The molecule has 1 aliphatic carbocycles. The third kappa shape index (κ3) is 4.60. The Bertz CT molecular complexity index is 279. The molecule has 1 aliphatic rings. The summed E-state index contributed by atoms with van der Waals surface area (Å²) in [5.41, 5.74) is 0. The number of carboxylic acid groups (broad SMARTS) is 1. The van der Waals surface area contributed by atoms with Crippen molar-refractivity contribution in [2.45, 2.75) is 32.2 Å². The lowest BCUT2D eigenvalue weighted by atomic mass is 10.2. The smallest absolute Gasteiger partial charge is 0.326 e. The summed E-state index contributed by atoms with van der Waals surface area (Å²) in [4.78, 5) is 24.2. The molecule has 1 atom stereocenters. The standard InChI is InChI=1S/C11H20N2O4/c1-2-13(7-8-3-4-8)11(17)12-9(5-6-14)10(15)16/h8-9,14H,2-7H2,1H3,(H,12,17)(H,15,16)/t9-/m1/s1. The predicted octanol–water partition coefficient (Wildman–Crippen LogP) is 0.263. The Morgan fingerprint density at radius 2 is 2.12 bits per heavy atom. The van der Waals surface area contributed by atoms with E-state index in [2.05, 4.69) is 5.32 Å². The number of hydrogen-bond acceptors (Lipinski definition) is 3. The largest absolute Gasteiger partial charge is 0.480 e. The average molecular weight is 244 g/mol. The minimum atomic E-state index is -1.12. The molecule has 0 radical (unpaired) electrons. The topological polar surface area (TPSA) is 89.9 Å². The SMILES string of the molecule is CCN(CC1CC1)C(=O)N[C@H](CCO)C(=O)O. The van der Waals surface area contributed by atoms with Crippen LogP contribution in [0.25, 0.3) is 0 Å². The zero-order chi connectivity index (χ0) is 12.8. The highest BCUT2D eigenvalue weighted by Gasteiger charge is 2.28. The number of carbonyl (C=O) groups excluding carboxylic acids is 1. The fourth-order valence-electron chi connectivity index (χ4n) is 1.59. The summed E-state index contributed by atoms with van der Waals surface area (Å²) >= 11 is 0. The van der Waals surface area contributed by atoms with Gasteiger partial charge in [-0.05, 0) is 25.7 Å². The van der Waals surface area contributed by atoms with Gasteiger partial charge in [0.15, 0.2) is 0 Å². The van der Waals surface area contributed by atoms with Crippen LogP contribution in [0.5, 0.6) is 0 Å². The van der Waals surface area contributed by atoms with Gasteiger partial charge in [0, 0.05) is 26.1 Å². The lowest BCUT2D eigenvalue weighted by molar-refractivity contribution is -0.139. The van der Waals surface area contributed by atoms with Gasteiger partial charge in [0.05, 0.1) is 0 Å². The number of urea groups is 1. The molecular weight excluding hydrogens is 224 g/mol. The van der Waals surface area contributed by atoms with E-state index in [-0.39, 0.29) is 19.1 Å². The molecule has 98 valence electrons. The maximum Gasteiger partial charge on any atom is 0.326 e. The summed E-state index contributed by atoms with van der Waals surface area (Å²) in [6.45, 7) is 2.86. The van der Waals surface area contributed by atoms with Gasteiger partial charge in [-0.3, -0.25) is 0 Å². The second kappa shape index (κ2) is 6.44. The van der Waals surface area contributed by atoms with Crippen LogP contribution in [-0.4, -0.2) is 52.9 Å². The molecule has 1 rings (SSSR count). The summed E-state index contributed by atoms with van der Waals surface area (Å²) < 4.78 is 0. The van der Waals surface area contributed by atoms with Crippen LogP contribution in [0.15, 0.2) is 0 Å². The zero-order valence-electron chi connectivity index (χ0n) is 10.1. The van der Waals surface area contributed by atoms with E-state index in [9.17, 15) is 9.59 Å². The normalized spacial score (nSPS) is 16.4. The van der Waals surface area contributed by atoms with Gasteiger partial charge in [-0.15, -0.1) is 0 Å². The Hall–Kier alpha value is -1.30. The minimum absolute atomic E-state index is 0.0298. The summed E-state index contributed by atoms with van der Waals surface area (Å²) in [5, 5.41) is 20.0. The Labute approximate surface area is 101 Å². The van der Waals surface area contributed by atoms with Gasteiger partial charge in [0.2, 0.25) is 0 Å². The number of hydrogen-bond donors (Lipinski definition) is 3. The van der Waals surface area contributed by atoms with Gasteiger partial charge >= 0.3 is 12.0 Å². The van der Waals surface area contributed by atoms with Gasteiger partial charge < -0.3 is 20.4 Å². The van der Waals surface area contributed by atoms with Crippen molar-refractivity contribution in [2.24, 2.45) is 5.92 Å². The molecule has 17 heavy (non-hydrogen) atoms. The molecule has 6 heteroatoms. The molecule has 3 N–H and O–H groups in total. The number of carboxylic acids is 1. The van der Waals surface area contributed by atoms with Crippen molar-refractivity contribution in [1.29, 1.82) is 0 Å². The highest BCUT2D eigenvalue weighted by Crippen LogP contribution is 2.29. The molecule has 2 amide bonds. The predicted molar refractivity (Wildman–Crippen MR) is 61.6 cm³/mol. The van der Waals surface area contributed by atoms with Crippen LogP contribution in [0.1, 0.15) is 26.2 Å². The highest BCUT2D eigenvalue weighted by atomic mass is 16.4. The molecule has 0 bridgehead atoms. The molecular formula is C11H20N2O4. The summed E-state index contributed by atoms with van der Waals surface area (Å²) in [7, 11) is 0. The number of amides is 2. The monoisotopic (exact) mass is 244 g/mol. The molecule has 0 aliphatic heterocycles. The van der Waals surface area contributed by atoms with Gasteiger partial charge in [0.1, 0.15) is 6.04 Å². The maximum absolute atomic E-state index is 11.8. The van der Waals surface area contributed by atoms with Gasteiger partial charge in [-0.2, -0.15) is 0 Å². The molecule has 0 aromatic carbocycles. The number of nitrogens with zero attached hydrogens (tertiary/aromatic N) is 1. The lowest BCUT2D eigenvalue weighted by Crippen LogP contribution is -2.48. The van der Waals surface area contributed by atoms with Crippen LogP contribution in [0.2, 0.25) is 0 Å². The Morgan fingerprint density at radius 1 is 1.47 bits per heavy atom. The minimum Gasteiger partial charge on any atom is -0.480 e. The fourth-order valence-corrected chi connectivity index (χ4v) is 1.59. The van der Waals surface area contributed by atoms with Crippen LogP contribution in [0, 0.1) is 5.92 Å². The van der Waals surface area contributed by atoms with E-state index in [4.69, 9.17) is 10.2 Å². The van der Waals surface area contributed by atoms with Crippen molar-refractivity contribution in [1.82, 2.24) is 10.2 Å². The highest BCUT2D eigenvalue weighted by molar-refractivity contribution is 5.82. The van der Waals surface area contributed by atoms with Crippen LogP contribution in [-0.2, 0) is 4.79 Å². The number of aliphatic carboxylic acids is 1. The number of nitrogens with one attached hydrogen (secondary N) is 1. The van der Waals surface area contributed by atoms with E-state index in [1.807, 2.05) is 6.92 Å². The number of carbonyl (C=O) groups is 2. The van der Waals surface area contributed by atoms with Crippen LogP contribution in [0.4, 0.5) is 4.79 Å². The summed E-state index contributed by atoms with van der Waals surface area (Å²) in [5.74, 6) is -0.545. The number of aliphatic hydroxyl groups excluding tert-OH is 1. The van der Waals surface area contributed by atoms with Crippen molar-refractivity contribution >= 4 is 12.0 Å². The fraction of sp³-hybridized carbons (Fsp3) is 0.818. The Balaban J connectivity index is 2.44. The van der Waals surface area contributed by atoms with Crippen molar-refractivity contribution in [3.63, 3.8) is 0 Å². The molecule has 0 aromatic rings. The molecule has 0 heterocycles. The van der Waals surface area contributed by atoms with E-state index >= 15 is 0 Å². The average Bonchev–Trinajstić information content (AvgIpc) is 3.08. The van der Waals surface area contributed by atoms with Crippen LogP contribution >= 0.6 is 0 Å². The first kappa shape index (κ1) is 13.8. The molecule has 6 nitrogen and oxygen atoms in total. The molecule has 1 saturated carbocycles. The van der Waals surface area contributed by atoms with Gasteiger partial charge in [-0.1, -0.05) is 0 Å². The van der Waals surface area contributed by atoms with Gasteiger partial charge in [-0.25, -0.2) is 9.59 Å². The summed E-state index contributed by atoms with van der Waals surface area (Å²) in [6, 6.07) is -1.37. The third-order valence-corrected chi connectivity index (χ3v) is 2.86. The lowest BCUT2D eigenvalue weighted by Gasteiger charge is -2.23. The van der Waals surface area contributed by atoms with Crippen molar-refractivity contribution in [2.75, 3.05) is 19.7 Å². The molecule has 0 spiro atoms.